The van der Waals surface area contributed by atoms with Crippen LogP contribution in [0.1, 0.15) is 22.2 Å². The van der Waals surface area contributed by atoms with Crippen LogP contribution in [0.4, 0.5) is 8.78 Å². The maximum atomic E-state index is 13.2. The van der Waals surface area contributed by atoms with Crippen molar-refractivity contribution in [3.05, 3.63) is 70.9 Å². The van der Waals surface area contributed by atoms with Gasteiger partial charge in [0.05, 0.1) is 11.8 Å². The summed E-state index contributed by atoms with van der Waals surface area (Å²) in [5, 5.41) is 14.7. The standard InChI is InChI=1S/C17H13F2N3O2S/c18-11-5-4-10(7-12(11)19)15(23)8-21-16(24)14-9-25-17(22-14)13-3-1-2-6-20-13/h1-7,9,15,23H,8H2,(H,21,24). The minimum Gasteiger partial charge on any atom is -0.387 e. The summed E-state index contributed by atoms with van der Waals surface area (Å²) in [5.74, 6) is -2.52. The van der Waals surface area contributed by atoms with Crippen molar-refractivity contribution in [2.75, 3.05) is 6.54 Å². The largest absolute Gasteiger partial charge is 0.387 e. The van der Waals surface area contributed by atoms with E-state index in [1.165, 1.54) is 17.4 Å². The Morgan fingerprint density at radius 1 is 1.24 bits per heavy atom. The first-order valence-electron chi connectivity index (χ1n) is 7.32. The number of aromatic nitrogens is 2. The van der Waals surface area contributed by atoms with Gasteiger partial charge in [0.25, 0.3) is 5.91 Å². The third kappa shape index (κ3) is 4.04. The number of carbonyl (C=O) groups is 1. The molecule has 128 valence electrons. The van der Waals surface area contributed by atoms with Crippen molar-refractivity contribution in [3.8, 4) is 10.7 Å². The number of aliphatic hydroxyl groups is 1. The molecule has 0 radical (unpaired) electrons. The third-order valence-electron chi connectivity index (χ3n) is 3.41. The number of benzene rings is 1. The molecule has 1 atom stereocenters. The molecule has 0 aliphatic heterocycles. The second-order valence-electron chi connectivity index (χ2n) is 5.15. The Hall–Kier alpha value is -2.71. The number of pyridine rings is 1. The average molecular weight is 361 g/mol. The van der Waals surface area contributed by atoms with Gasteiger partial charge in [-0.2, -0.15) is 0 Å². The number of aliphatic hydroxyl groups excluding tert-OH is 1. The Bertz CT molecular complexity index is 887. The zero-order valence-corrected chi connectivity index (χ0v) is 13.6. The van der Waals surface area contributed by atoms with E-state index in [0.717, 1.165) is 12.1 Å². The molecule has 2 aromatic heterocycles. The first kappa shape index (κ1) is 17.1. The minimum atomic E-state index is -1.16. The summed E-state index contributed by atoms with van der Waals surface area (Å²) in [6.45, 7) is -0.152. The molecule has 0 saturated heterocycles. The van der Waals surface area contributed by atoms with E-state index in [1.54, 1.807) is 23.7 Å². The number of halogens is 2. The summed E-state index contributed by atoms with van der Waals surface area (Å²) >= 11 is 1.28. The van der Waals surface area contributed by atoms with Crippen LogP contribution < -0.4 is 5.32 Å². The van der Waals surface area contributed by atoms with Crippen LogP contribution in [0.15, 0.2) is 48.0 Å². The van der Waals surface area contributed by atoms with E-state index in [2.05, 4.69) is 15.3 Å². The van der Waals surface area contributed by atoms with Crippen molar-refractivity contribution in [2.45, 2.75) is 6.10 Å². The summed E-state index contributed by atoms with van der Waals surface area (Å²) in [4.78, 5) is 20.5. The molecule has 2 heterocycles. The van der Waals surface area contributed by atoms with E-state index in [4.69, 9.17) is 0 Å². The van der Waals surface area contributed by atoms with Gasteiger partial charge >= 0.3 is 0 Å². The van der Waals surface area contributed by atoms with Crippen LogP contribution >= 0.6 is 11.3 Å². The maximum Gasteiger partial charge on any atom is 0.270 e. The van der Waals surface area contributed by atoms with Crippen LogP contribution in [0, 0.1) is 11.6 Å². The molecule has 1 amide bonds. The second-order valence-corrected chi connectivity index (χ2v) is 6.01. The first-order valence-corrected chi connectivity index (χ1v) is 8.20. The Balaban J connectivity index is 1.63. The maximum absolute atomic E-state index is 13.2. The molecule has 0 fully saturated rings. The molecule has 25 heavy (non-hydrogen) atoms. The molecule has 3 aromatic rings. The number of thiazole rings is 1. The van der Waals surface area contributed by atoms with E-state index in [1.807, 2.05) is 6.07 Å². The number of hydrogen-bond acceptors (Lipinski definition) is 5. The van der Waals surface area contributed by atoms with Crippen molar-refractivity contribution in [2.24, 2.45) is 0 Å². The monoisotopic (exact) mass is 361 g/mol. The lowest BCUT2D eigenvalue weighted by Gasteiger charge is -2.12. The molecule has 0 aliphatic rings. The van der Waals surface area contributed by atoms with Crippen molar-refractivity contribution < 1.29 is 18.7 Å². The molecule has 5 nitrogen and oxygen atoms in total. The van der Waals surface area contributed by atoms with Gasteiger partial charge in [-0.25, -0.2) is 13.8 Å². The number of nitrogens with zero attached hydrogens (tertiary/aromatic N) is 2. The fraction of sp³-hybridized carbons (Fsp3) is 0.118. The molecule has 2 N–H and O–H groups in total. The second kappa shape index (κ2) is 7.45. The molecule has 1 aromatic carbocycles. The van der Waals surface area contributed by atoms with E-state index < -0.39 is 23.6 Å². The number of hydrogen-bond donors (Lipinski definition) is 2. The number of amides is 1. The summed E-state index contributed by atoms with van der Waals surface area (Å²) < 4.78 is 26.1. The third-order valence-corrected chi connectivity index (χ3v) is 4.27. The van der Waals surface area contributed by atoms with Crippen molar-refractivity contribution in [1.82, 2.24) is 15.3 Å². The zero-order valence-electron chi connectivity index (χ0n) is 12.8. The van der Waals surface area contributed by atoms with Crippen LogP contribution in [0.25, 0.3) is 10.7 Å². The highest BCUT2D eigenvalue weighted by Gasteiger charge is 2.15. The fourth-order valence-electron chi connectivity index (χ4n) is 2.10. The van der Waals surface area contributed by atoms with Gasteiger partial charge in [0.1, 0.15) is 10.7 Å². The van der Waals surface area contributed by atoms with Crippen molar-refractivity contribution in [3.63, 3.8) is 0 Å². The van der Waals surface area contributed by atoms with Gasteiger partial charge in [-0.15, -0.1) is 11.3 Å². The van der Waals surface area contributed by atoms with E-state index in [-0.39, 0.29) is 17.8 Å². The molecule has 0 bridgehead atoms. The molecular formula is C17H13F2N3O2S. The molecular weight excluding hydrogens is 348 g/mol. The summed E-state index contributed by atoms with van der Waals surface area (Å²) in [6.07, 6.45) is 0.474. The Morgan fingerprint density at radius 3 is 2.80 bits per heavy atom. The van der Waals surface area contributed by atoms with Gasteiger partial charge in [-0.3, -0.25) is 9.78 Å². The number of carbonyl (C=O) groups excluding carboxylic acids is 1. The van der Waals surface area contributed by atoms with Gasteiger partial charge < -0.3 is 10.4 Å². The first-order chi connectivity index (χ1) is 12.0. The normalized spacial score (nSPS) is 12.0. The predicted molar refractivity (Wildman–Crippen MR) is 89.0 cm³/mol. The summed E-state index contributed by atoms with van der Waals surface area (Å²) in [6, 6.07) is 8.47. The van der Waals surface area contributed by atoms with Gasteiger partial charge in [-0.05, 0) is 29.8 Å². The van der Waals surface area contributed by atoms with Crippen molar-refractivity contribution in [1.29, 1.82) is 0 Å². The number of nitrogens with one attached hydrogen (secondary N) is 1. The Labute approximate surface area is 146 Å². The topological polar surface area (TPSA) is 75.1 Å². The zero-order chi connectivity index (χ0) is 17.8. The lowest BCUT2D eigenvalue weighted by atomic mass is 10.1. The number of rotatable bonds is 5. The molecule has 3 rings (SSSR count). The Morgan fingerprint density at radius 2 is 2.08 bits per heavy atom. The quantitative estimate of drug-likeness (QED) is 0.733. The highest BCUT2D eigenvalue weighted by molar-refractivity contribution is 7.13. The van der Waals surface area contributed by atoms with Gasteiger partial charge in [0.2, 0.25) is 0 Å². The minimum absolute atomic E-state index is 0.152. The van der Waals surface area contributed by atoms with Crippen LogP contribution in [-0.2, 0) is 0 Å². The van der Waals surface area contributed by atoms with Crippen molar-refractivity contribution >= 4 is 17.2 Å². The van der Waals surface area contributed by atoms with Gasteiger partial charge in [-0.1, -0.05) is 12.1 Å². The van der Waals surface area contributed by atoms with E-state index in [9.17, 15) is 18.7 Å². The molecule has 0 aliphatic carbocycles. The van der Waals surface area contributed by atoms with Crippen LogP contribution in [0.2, 0.25) is 0 Å². The fourth-order valence-corrected chi connectivity index (χ4v) is 2.88. The van der Waals surface area contributed by atoms with E-state index >= 15 is 0 Å². The highest BCUT2D eigenvalue weighted by atomic mass is 32.1. The molecule has 1 unspecified atom stereocenters. The Kier molecular flexibility index (Phi) is 5.11. The average Bonchev–Trinajstić information content (AvgIpc) is 3.12. The SMILES string of the molecule is O=C(NCC(O)c1ccc(F)c(F)c1)c1csc(-c2ccccn2)n1. The lowest BCUT2D eigenvalue weighted by Crippen LogP contribution is -2.28. The van der Waals surface area contributed by atoms with Crippen LogP contribution in [-0.4, -0.2) is 27.5 Å². The summed E-state index contributed by atoms with van der Waals surface area (Å²) in [7, 11) is 0. The lowest BCUT2D eigenvalue weighted by molar-refractivity contribution is 0.0912. The van der Waals surface area contributed by atoms with E-state index in [0.29, 0.717) is 10.7 Å². The predicted octanol–water partition coefficient (Wildman–Crippen LogP) is 2.95. The van der Waals surface area contributed by atoms with Gasteiger partial charge in [0.15, 0.2) is 11.6 Å². The van der Waals surface area contributed by atoms with Crippen LogP contribution in [0.3, 0.4) is 0 Å². The molecule has 8 heteroatoms. The highest BCUT2D eigenvalue weighted by Crippen LogP contribution is 2.21. The molecule has 0 spiro atoms. The molecule has 0 saturated carbocycles. The smallest absolute Gasteiger partial charge is 0.270 e. The van der Waals surface area contributed by atoms with Gasteiger partial charge in [0, 0.05) is 18.1 Å². The van der Waals surface area contributed by atoms with Crippen LogP contribution in [0.5, 0.6) is 0 Å². The summed E-state index contributed by atoms with van der Waals surface area (Å²) in [5.41, 5.74) is 1.03.